The Bertz CT molecular complexity index is 1690. The van der Waals surface area contributed by atoms with E-state index in [9.17, 15) is 10.1 Å². The third-order valence-corrected chi connectivity index (χ3v) is 6.60. The fraction of sp³-hybridized carbons (Fsp3) is 0.0345. The molecule has 5 heteroatoms. The van der Waals surface area contributed by atoms with Crippen LogP contribution in [0, 0.1) is 10.1 Å². The Kier molecular flexibility index (Phi) is 4.39. The van der Waals surface area contributed by atoms with E-state index in [0.717, 1.165) is 54.9 Å². The molecule has 0 saturated carbocycles. The third-order valence-electron chi connectivity index (χ3n) is 6.60. The molecular weight excluding hydrogens is 424 g/mol. The molecule has 0 unspecified atom stereocenters. The highest BCUT2D eigenvalue weighted by atomic mass is 16.6. The molecule has 164 valence electrons. The van der Waals surface area contributed by atoms with Crippen molar-refractivity contribution in [3.63, 3.8) is 0 Å². The first-order valence-corrected chi connectivity index (χ1v) is 10.9. The van der Waals surface area contributed by atoms with Gasteiger partial charge >= 0.3 is 0 Å². The van der Waals surface area contributed by atoms with Gasteiger partial charge in [0.2, 0.25) is 0 Å². The van der Waals surface area contributed by atoms with E-state index in [4.69, 9.17) is 10.5 Å². The zero-order valence-corrected chi connectivity index (χ0v) is 18.4. The van der Waals surface area contributed by atoms with Crippen LogP contribution in [0.5, 0.6) is 5.75 Å². The van der Waals surface area contributed by atoms with Crippen LogP contribution in [0.1, 0.15) is 0 Å². The van der Waals surface area contributed by atoms with Crippen molar-refractivity contribution in [2.45, 2.75) is 0 Å². The molecule has 0 amide bonds. The summed E-state index contributed by atoms with van der Waals surface area (Å²) in [5, 5.41) is 17.9. The molecule has 0 radical (unpaired) electrons. The number of ether oxygens (including phenoxy) is 1. The van der Waals surface area contributed by atoms with Crippen molar-refractivity contribution in [3.8, 4) is 28.0 Å². The summed E-state index contributed by atoms with van der Waals surface area (Å²) in [6, 6.07) is 29.3. The maximum atomic E-state index is 11.3. The Morgan fingerprint density at radius 3 is 1.91 bits per heavy atom. The molecule has 34 heavy (non-hydrogen) atoms. The fourth-order valence-corrected chi connectivity index (χ4v) is 5.03. The summed E-state index contributed by atoms with van der Waals surface area (Å²) < 4.78 is 5.35. The van der Waals surface area contributed by atoms with Gasteiger partial charge in [-0.15, -0.1) is 0 Å². The lowest BCUT2D eigenvalue weighted by atomic mass is 9.83. The van der Waals surface area contributed by atoms with Crippen LogP contribution in [0.3, 0.4) is 0 Å². The second kappa shape index (κ2) is 7.46. The minimum Gasteiger partial charge on any atom is -0.497 e. The topological polar surface area (TPSA) is 78.4 Å². The molecule has 0 heterocycles. The summed E-state index contributed by atoms with van der Waals surface area (Å²) in [6.45, 7) is 0. The first-order valence-electron chi connectivity index (χ1n) is 10.9. The quantitative estimate of drug-likeness (QED) is 0.133. The number of non-ortho nitro benzene ring substituents is 1. The summed E-state index contributed by atoms with van der Waals surface area (Å²) in [4.78, 5) is 10.9. The number of rotatable bonds is 4. The third kappa shape index (κ3) is 2.87. The van der Waals surface area contributed by atoms with Crippen molar-refractivity contribution in [2.75, 3.05) is 12.8 Å². The molecule has 0 aliphatic carbocycles. The molecule has 0 aliphatic rings. The molecule has 2 N–H and O–H groups in total. The van der Waals surface area contributed by atoms with Crippen LogP contribution >= 0.6 is 0 Å². The van der Waals surface area contributed by atoms with Gasteiger partial charge in [0.1, 0.15) is 5.75 Å². The molecule has 6 aromatic rings. The van der Waals surface area contributed by atoms with Crippen molar-refractivity contribution >= 4 is 43.7 Å². The van der Waals surface area contributed by atoms with Crippen molar-refractivity contribution in [1.29, 1.82) is 0 Å². The average molecular weight is 444 g/mol. The number of benzene rings is 6. The maximum absolute atomic E-state index is 11.3. The van der Waals surface area contributed by atoms with Gasteiger partial charge < -0.3 is 10.5 Å². The highest BCUT2D eigenvalue weighted by molar-refractivity contribution is 6.30. The molecule has 0 atom stereocenters. The van der Waals surface area contributed by atoms with Crippen molar-refractivity contribution < 1.29 is 9.66 Å². The van der Waals surface area contributed by atoms with Crippen LogP contribution in [0.2, 0.25) is 0 Å². The number of nitrogen functional groups attached to an aromatic ring is 1. The Morgan fingerprint density at radius 2 is 1.29 bits per heavy atom. The number of nitro benzene ring substituents is 1. The molecule has 0 saturated heterocycles. The van der Waals surface area contributed by atoms with Crippen LogP contribution in [-0.2, 0) is 0 Å². The Labute approximate surface area is 195 Å². The maximum Gasteiger partial charge on any atom is 0.269 e. The van der Waals surface area contributed by atoms with Crippen LogP contribution in [0.4, 0.5) is 11.4 Å². The summed E-state index contributed by atoms with van der Waals surface area (Å²) >= 11 is 0. The second-order valence-electron chi connectivity index (χ2n) is 8.38. The Morgan fingerprint density at radius 1 is 0.706 bits per heavy atom. The fourth-order valence-electron chi connectivity index (χ4n) is 5.03. The molecular formula is C29H20N2O3. The lowest BCUT2D eigenvalue weighted by molar-refractivity contribution is -0.384. The van der Waals surface area contributed by atoms with Crippen LogP contribution in [0.15, 0.2) is 91.0 Å². The smallest absolute Gasteiger partial charge is 0.269 e. The zero-order valence-electron chi connectivity index (χ0n) is 18.4. The predicted molar refractivity (Wildman–Crippen MR) is 139 cm³/mol. The van der Waals surface area contributed by atoms with Gasteiger partial charge in [-0.2, -0.15) is 0 Å². The van der Waals surface area contributed by atoms with Crippen molar-refractivity contribution in [3.05, 3.63) is 101 Å². The summed E-state index contributed by atoms with van der Waals surface area (Å²) in [5.41, 5.74) is 11.3. The van der Waals surface area contributed by atoms with Crippen molar-refractivity contribution in [1.82, 2.24) is 0 Å². The van der Waals surface area contributed by atoms with Gasteiger partial charge in [-0.25, -0.2) is 0 Å². The van der Waals surface area contributed by atoms with E-state index in [-0.39, 0.29) is 10.6 Å². The second-order valence-corrected chi connectivity index (χ2v) is 8.38. The minimum absolute atomic E-state index is 0.0560. The minimum atomic E-state index is -0.382. The highest BCUT2D eigenvalue weighted by Crippen LogP contribution is 2.48. The molecule has 0 spiro atoms. The van der Waals surface area contributed by atoms with Gasteiger partial charge in [-0.1, -0.05) is 54.6 Å². The van der Waals surface area contributed by atoms with E-state index in [2.05, 4.69) is 42.5 Å². The molecule has 6 aromatic carbocycles. The number of methoxy groups -OCH3 is 1. The standard InChI is InChI=1S/C29H20N2O3/c1-34-22-13-7-20(8-14-22)27-26(19-5-11-21(12-6-19)31(32)33)23-15-9-17-3-2-4-18-10-16-24(29(27)30)28(23)25(17)18/h2-16H,30H2,1H3. The Hall–Kier alpha value is -4.64. The molecule has 5 nitrogen and oxygen atoms in total. The van der Waals surface area contributed by atoms with Crippen LogP contribution < -0.4 is 10.5 Å². The average Bonchev–Trinajstić information content (AvgIpc) is 2.88. The summed E-state index contributed by atoms with van der Waals surface area (Å²) in [6.07, 6.45) is 0. The van der Waals surface area contributed by atoms with Gasteiger partial charge in [0.15, 0.2) is 0 Å². The van der Waals surface area contributed by atoms with Gasteiger partial charge in [-0.3, -0.25) is 10.1 Å². The van der Waals surface area contributed by atoms with E-state index >= 15 is 0 Å². The van der Waals surface area contributed by atoms with E-state index in [1.807, 2.05) is 24.3 Å². The monoisotopic (exact) mass is 444 g/mol. The van der Waals surface area contributed by atoms with Crippen LogP contribution in [-0.4, -0.2) is 12.0 Å². The molecule has 0 aromatic heterocycles. The lowest BCUT2D eigenvalue weighted by Crippen LogP contribution is -1.99. The molecule has 0 fully saturated rings. The van der Waals surface area contributed by atoms with E-state index in [0.29, 0.717) is 5.69 Å². The zero-order chi connectivity index (χ0) is 23.4. The normalized spacial score (nSPS) is 11.4. The van der Waals surface area contributed by atoms with Crippen LogP contribution in [0.25, 0.3) is 54.6 Å². The van der Waals surface area contributed by atoms with Crippen molar-refractivity contribution in [2.24, 2.45) is 0 Å². The largest absolute Gasteiger partial charge is 0.497 e. The number of nitro groups is 1. The lowest BCUT2D eigenvalue weighted by Gasteiger charge is -2.21. The number of anilines is 1. The SMILES string of the molecule is COc1ccc(-c2c(N)c3ccc4cccc5ccc(c2-c2ccc([N+](=O)[O-])cc2)c3c45)cc1. The first-order chi connectivity index (χ1) is 16.6. The number of nitrogens with two attached hydrogens (primary N) is 1. The van der Waals surface area contributed by atoms with Gasteiger partial charge in [0, 0.05) is 34.2 Å². The number of hydrogen-bond donors (Lipinski definition) is 1. The highest BCUT2D eigenvalue weighted by Gasteiger charge is 2.21. The molecule has 0 aliphatic heterocycles. The van der Waals surface area contributed by atoms with E-state index in [1.54, 1.807) is 31.4 Å². The summed E-state index contributed by atoms with van der Waals surface area (Å²) in [5.74, 6) is 0.761. The Balaban J connectivity index is 1.78. The van der Waals surface area contributed by atoms with Gasteiger partial charge in [0.25, 0.3) is 5.69 Å². The summed E-state index contributed by atoms with van der Waals surface area (Å²) in [7, 11) is 1.64. The van der Waals surface area contributed by atoms with Gasteiger partial charge in [-0.05, 0) is 62.5 Å². The molecule has 6 rings (SSSR count). The van der Waals surface area contributed by atoms with Gasteiger partial charge in [0.05, 0.1) is 12.0 Å². The number of hydrogen-bond acceptors (Lipinski definition) is 4. The van der Waals surface area contributed by atoms with E-state index < -0.39 is 0 Å². The number of nitrogens with zero attached hydrogens (tertiary/aromatic N) is 1. The first kappa shape index (κ1) is 20.0. The predicted octanol–water partition coefficient (Wildman–Crippen LogP) is 7.42. The van der Waals surface area contributed by atoms with E-state index in [1.165, 1.54) is 5.39 Å². The molecule has 0 bridgehead atoms.